The quantitative estimate of drug-likeness (QED) is 0.355. The average Bonchev–Trinajstić information content (AvgIpc) is 2.74. The molecule has 0 atom stereocenters. The third kappa shape index (κ3) is 4.51. The van der Waals surface area contributed by atoms with Gasteiger partial charge in [0.05, 0.1) is 6.42 Å². The zero-order valence-electron chi connectivity index (χ0n) is 17.6. The fraction of sp³-hybridized carbons (Fsp3) is 0.200. The molecule has 0 saturated heterocycles. The number of amides is 1. The van der Waals surface area contributed by atoms with Crippen LogP contribution < -0.4 is 14.8 Å². The molecule has 5 nitrogen and oxygen atoms in total. The number of nitrogens with one attached hydrogen (secondary N) is 1. The molecule has 1 heterocycles. The second-order valence-corrected chi connectivity index (χ2v) is 7.23. The van der Waals surface area contributed by atoms with Gasteiger partial charge in [-0.15, -0.1) is 0 Å². The molecule has 30 heavy (non-hydrogen) atoms. The smallest absolute Gasteiger partial charge is 0.265 e. The Morgan fingerprint density at radius 1 is 1.13 bits per heavy atom. The van der Waals surface area contributed by atoms with Crippen LogP contribution >= 0.6 is 0 Å². The highest BCUT2D eigenvalue weighted by molar-refractivity contribution is 6.07. The summed E-state index contributed by atoms with van der Waals surface area (Å²) in [5.74, 6) is -0.00784. The van der Waals surface area contributed by atoms with E-state index in [4.69, 9.17) is 4.74 Å². The lowest BCUT2D eigenvalue weighted by Gasteiger charge is -2.17. The van der Waals surface area contributed by atoms with Crippen molar-refractivity contribution < 1.29 is 14.3 Å². The zero-order chi connectivity index (χ0) is 21.7. The Bertz CT molecular complexity index is 1080. The lowest BCUT2D eigenvalue weighted by molar-refractivity contribution is -0.620. The Labute approximate surface area is 177 Å². The molecule has 0 aliphatic heterocycles. The standard InChI is InChI=1S/C25H26N2O3/c1-5-14-30-23-15-18(3)27(29)22(16-20-11-7-6-8-12-20)24(23)25(28)26-21-13-9-10-17(2)19(21)4/h5-13,15H,1,14,16H2,2-4H3,(H,26,28). The van der Waals surface area contributed by atoms with Crippen molar-refractivity contribution >= 4 is 11.6 Å². The third-order valence-electron chi connectivity index (χ3n) is 5.09. The van der Waals surface area contributed by atoms with Gasteiger partial charge in [0.2, 0.25) is 5.69 Å². The molecule has 0 bridgehead atoms. The maximum Gasteiger partial charge on any atom is 0.265 e. The molecular formula is C25H26N2O3. The summed E-state index contributed by atoms with van der Waals surface area (Å²) in [4.78, 5) is 13.4. The van der Waals surface area contributed by atoms with E-state index >= 15 is 0 Å². The minimum Gasteiger partial charge on any atom is -0.618 e. The van der Waals surface area contributed by atoms with E-state index in [2.05, 4.69) is 11.9 Å². The van der Waals surface area contributed by atoms with Gasteiger partial charge in [0.25, 0.3) is 5.91 Å². The Kier molecular flexibility index (Phi) is 6.52. The number of nitrogens with zero attached hydrogens (tertiary/aromatic N) is 1. The SMILES string of the molecule is C=CCOc1cc(C)[n+]([O-])c(Cc2ccccc2)c1C(=O)Nc1cccc(C)c1C. The van der Waals surface area contributed by atoms with Crippen LogP contribution in [-0.4, -0.2) is 12.5 Å². The van der Waals surface area contributed by atoms with Crippen LogP contribution in [0.25, 0.3) is 0 Å². The summed E-state index contributed by atoms with van der Waals surface area (Å²) in [5, 5.41) is 15.9. The number of ether oxygens (including phenoxy) is 1. The second kappa shape index (κ2) is 9.27. The van der Waals surface area contributed by atoms with Gasteiger partial charge < -0.3 is 15.3 Å². The zero-order valence-corrected chi connectivity index (χ0v) is 17.6. The first-order valence-corrected chi connectivity index (χ1v) is 9.83. The van der Waals surface area contributed by atoms with Gasteiger partial charge in [-0.05, 0) is 36.6 Å². The molecule has 3 aromatic rings. The molecule has 1 N–H and O–H groups in total. The minimum atomic E-state index is -0.377. The minimum absolute atomic E-state index is 0.233. The fourth-order valence-corrected chi connectivity index (χ4v) is 3.30. The number of carbonyl (C=O) groups is 1. The van der Waals surface area contributed by atoms with Gasteiger partial charge in [-0.25, -0.2) is 0 Å². The topological polar surface area (TPSA) is 65.3 Å². The average molecular weight is 402 g/mol. The molecule has 1 amide bonds. The monoisotopic (exact) mass is 402 g/mol. The molecule has 0 spiro atoms. The maximum absolute atomic E-state index is 13.4. The van der Waals surface area contributed by atoms with E-state index in [9.17, 15) is 10.0 Å². The summed E-state index contributed by atoms with van der Waals surface area (Å²) in [6.45, 7) is 9.55. The highest BCUT2D eigenvalue weighted by Gasteiger charge is 2.27. The van der Waals surface area contributed by atoms with Gasteiger partial charge in [0.1, 0.15) is 12.4 Å². The van der Waals surface area contributed by atoms with Crippen LogP contribution in [0.15, 0.2) is 67.3 Å². The van der Waals surface area contributed by atoms with Crippen molar-refractivity contribution in [1.82, 2.24) is 0 Å². The number of carbonyl (C=O) groups excluding carboxylic acids is 1. The number of rotatable bonds is 7. The first-order valence-electron chi connectivity index (χ1n) is 9.83. The van der Waals surface area contributed by atoms with Gasteiger partial charge in [-0.3, -0.25) is 4.79 Å². The van der Waals surface area contributed by atoms with E-state index in [1.807, 2.05) is 62.4 Å². The highest BCUT2D eigenvalue weighted by atomic mass is 16.5. The molecule has 154 valence electrons. The number of pyridine rings is 1. The lowest BCUT2D eigenvalue weighted by atomic mass is 10.0. The van der Waals surface area contributed by atoms with Crippen molar-refractivity contribution in [2.24, 2.45) is 0 Å². The Morgan fingerprint density at radius 2 is 1.87 bits per heavy atom. The summed E-state index contributed by atoms with van der Waals surface area (Å²) in [7, 11) is 0. The van der Waals surface area contributed by atoms with Crippen LogP contribution in [0.1, 0.15) is 38.4 Å². The number of hydrogen-bond acceptors (Lipinski definition) is 3. The number of hydrogen-bond donors (Lipinski definition) is 1. The van der Waals surface area contributed by atoms with Crippen LogP contribution in [-0.2, 0) is 6.42 Å². The van der Waals surface area contributed by atoms with Crippen molar-refractivity contribution in [2.45, 2.75) is 27.2 Å². The molecule has 0 radical (unpaired) electrons. The molecule has 0 aliphatic carbocycles. The first kappa shape index (κ1) is 21.1. The van der Waals surface area contributed by atoms with Crippen LogP contribution in [0.3, 0.4) is 0 Å². The second-order valence-electron chi connectivity index (χ2n) is 7.23. The van der Waals surface area contributed by atoms with Crippen molar-refractivity contribution in [3.05, 3.63) is 106 Å². The predicted octanol–water partition coefficient (Wildman–Crippen LogP) is 4.65. The maximum atomic E-state index is 13.4. The van der Waals surface area contributed by atoms with E-state index in [0.717, 1.165) is 21.4 Å². The van der Waals surface area contributed by atoms with E-state index in [-0.39, 0.29) is 18.1 Å². The van der Waals surface area contributed by atoms with Gasteiger partial charge in [-0.2, -0.15) is 4.73 Å². The number of aromatic nitrogens is 1. The molecule has 2 aromatic carbocycles. The summed E-state index contributed by atoms with van der Waals surface area (Å²) < 4.78 is 6.59. The number of aryl methyl sites for hydroxylation is 2. The molecule has 0 aliphatic rings. The van der Waals surface area contributed by atoms with Crippen molar-refractivity contribution in [3.8, 4) is 5.75 Å². The predicted molar refractivity (Wildman–Crippen MR) is 119 cm³/mol. The molecule has 0 fully saturated rings. The van der Waals surface area contributed by atoms with Gasteiger partial charge >= 0.3 is 0 Å². The van der Waals surface area contributed by atoms with E-state index in [0.29, 0.717) is 29.2 Å². The summed E-state index contributed by atoms with van der Waals surface area (Å²) in [6, 6.07) is 16.9. The van der Waals surface area contributed by atoms with Crippen molar-refractivity contribution in [2.75, 3.05) is 11.9 Å². The molecule has 0 unspecified atom stereocenters. The van der Waals surface area contributed by atoms with E-state index in [1.54, 1.807) is 19.1 Å². The summed E-state index contributed by atoms with van der Waals surface area (Å²) >= 11 is 0. The van der Waals surface area contributed by atoms with Crippen molar-refractivity contribution in [1.29, 1.82) is 0 Å². The third-order valence-corrected chi connectivity index (χ3v) is 5.09. The van der Waals surface area contributed by atoms with Crippen LogP contribution in [0, 0.1) is 26.0 Å². The normalized spacial score (nSPS) is 10.5. The Balaban J connectivity index is 2.10. The van der Waals surface area contributed by atoms with E-state index in [1.165, 1.54) is 0 Å². The van der Waals surface area contributed by atoms with Crippen LogP contribution in [0.5, 0.6) is 5.75 Å². The number of benzene rings is 2. The number of anilines is 1. The molecule has 3 rings (SSSR count). The van der Waals surface area contributed by atoms with Crippen LogP contribution in [0.2, 0.25) is 0 Å². The summed E-state index contributed by atoms with van der Waals surface area (Å²) in [6.07, 6.45) is 1.92. The molecule has 0 saturated carbocycles. The Morgan fingerprint density at radius 3 is 2.57 bits per heavy atom. The Hall–Kier alpha value is -3.60. The molecule has 1 aromatic heterocycles. The van der Waals surface area contributed by atoms with Crippen LogP contribution in [0.4, 0.5) is 5.69 Å². The lowest BCUT2D eigenvalue weighted by Crippen LogP contribution is -2.39. The van der Waals surface area contributed by atoms with Gasteiger partial charge in [0.15, 0.2) is 11.3 Å². The van der Waals surface area contributed by atoms with Crippen molar-refractivity contribution in [3.63, 3.8) is 0 Å². The highest BCUT2D eigenvalue weighted by Crippen LogP contribution is 2.26. The molecule has 5 heteroatoms. The first-order chi connectivity index (χ1) is 14.4. The largest absolute Gasteiger partial charge is 0.618 e. The van der Waals surface area contributed by atoms with E-state index < -0.39 is 0 Å². The molecular weight excluding hydrogens is 376 g/mol. The van der Waals surface area contributed by atoms with Gasteiger partial charge in [0, 0.05) is 18.7 Å². The van der Waals surface area contributed by atoms with Gasteiger partial charge in [-0.1, -0.05) is 55.1 Å². The summed E-state index contributed by atoms with van der Waals surface area (Å²) in [5.41, 5.74) is 4.74. The fourth-order valence-electron chi connectivity index (χ4n) is 3.30.